The molecule has 20 heavy (non-hydrogen) atoms. The van der Waals surface area contributed by atoms with E-state index in [1.54, 1.807) is 13.1 Å². The molecule has 0 saturated carbocycles. The van der Waals surface area contributed by atoms with Crippen LogP contribution in [0.4, 0.5) is 4.79 Å². The van der Waals surface area contributed by atoms with Crippen LogP contribution in [0, 0.1) is 5.92 Å². The Morgan fingerprint density at radius 3 is 2.60 bits per heavy atom. The number of carbonyl (C=O) groups excluding carboxylic acids is 1. The first kappa shape index (κ1) is 16.4. The molecule has 2 atom stereocenters. The second kappa shape index (κ2) is 6.69. The summed E-state index contributed by atoms with van der Waals surface area (Å²) in [6.45, 7) is 7.33. The maximum absolute atomic E-state index is 12.0. The largest absolute Gasteiger partial charge is 0.480 e. The first-order valence-corrected chi connectivity index (χ1v) is 7.37. The molecule has 1 aromatic rings. The van der Waals surface area contributed by atoms with Gasteiger partial charge in [-0.1, -0.05) is 20.3 Å². The minimum Gasteiger partial charge on any atom is -0.480 e. The summed E-state index contributed by atoms with van der Waals surface area (Å²) in [4.78, 5) is 27.3. The Bertz CT molecular complexity index is 459. The zero-order valence-corrected chi connectivity index (χ0v) is 13.0. The van der Waals surface area contributed by atoms with Gasteiger partial charge in [0.2, 0.25) is 0 Å². The highest BCUT2D eigenvalue weighted by Gasteiger charge is 2.29. The van der Waals surface area contributed by atoms with Gasteiger partial charge in [-0.15, -0.1) is 11.3 Å². The van der Waals surface area contributed by atoms with E-state index >= 15 is 0 Å². The van der Waals surface area contributed by atoms with Crippen molar-refractivity contribution in [2.45, 2.75) is 45.7 Å². The molecule has 1 rings (SSSR count). The Balaban J connectivity index is 2.69. The number of hydrogen-bond acceptors (Lipinski definition) is 4. The summed E-state index contributed by atoms with van der Waals surface area (Å²) in [7, 11) is 0. The summed E-state index contributed by atoms with van der Waals surface area (Å²) in [6, 6.07) is -1.40. The first-order valence-electron chi connectivity index (χ1n) is 6.49. The third kappa shape index (κ3) is 4.19. The minimum absolute atomic E-state index is 0.138. The summed E-state index contributed by atoms with van der Waals surface area (Å²) in [6.07, 6.45) is 2.34. The number of thiazole rings is 1. The lowest BCUT2D eigenvalue weighted by atomic mass is 9.99. The Hall–Kier alpha value is -1.63. The van der Waals surface area contributed by atoms with E-state index in [0.717, 1.165) is 5.01 Å². The van der Waals surface area contributed by atoms with Crippen molar-refractivity contribution < 1.29 is 14.7 Å². The fourth-order valence-corrected chi connectivity index (χ4v) is 2.45. The lowest BCUT2D eigenvalue weighted by Gasteiger charge is -2.26. The Morgan fingerprint density at radius 2 is 2.15 bits per heavy atom. The van der Waals surface area contributed by atoms with E-state index in [0.29, 0.717) is 6.42 Å². The number of carbonyl (C=O) groups is 2. The van der Waals surface area contributed by atoms with Crippen LogP contribution in [0.3, 0.4) is 0 Å². The number of aromatic nitrogens is 1. The second-order valence-corrected chi connectivity index (χ2v) is 6.16. The number of nitrogens with one attached hydrogen (secondary N) is 2. The van der Waals surface area contributed by atoms with Crippen LogP contribution in [0.5, 0.6) is 0 Å². The summed E-state index contributed by atoms with van der Waals surface area (Å²) >= 11 is 1.44. The van der Waals surface area contributed by atoms with E-state index in [9.17, 15) is 9.59 Å². The maximum atomic E-state index is 12.0. The van der Waals surface area contributed by atoms with Crippen LogP contribution in [0.2, 0.25) is 0 Å². The fraction of sp³-hybridized carbons (Fsp3) is 0.615. The van der Waals surface area contributed by atoms with Gasteiger partial charge in [-0.3, -0.25) is 0 Å². The van der Waals surface area contributed by atoms with Crippen molar-refractivity contribution in [1.82, 2.24) is 15.6 Å². The van der Waals surface area contributed by atoms with Gasteiger partial charge in [-0.25, -0.2) is 14.6 Å². The van der Waals surface area contributed by atoms with Gasteiger partial charge in [0.25, 0.3) is 0 Å². The number of aliphatic carboxylic acids is 1. The van der Waals surface area contributed by atoms with Gasteiger partial charge in [-0.2, -0.15) is 0 Å². The standard InChI is InChI=1S/C13H21N3O3S/c1-5-8(2)9(10(17)18)15-12(19)16-13(3,4)11-14-6-7-20-11/h6-9H,5H2,1-4H3,(H,17,18)(H2,15,16,19)/t8?,9-/m0/s1. The van der Waals surface area contributed by atoms with E-state index in [4.69, 9.17) is 5.11 Å². The number of carboxylic acid groups (broad SMARTS) is 1. The fourth-order valence-electron chi connectivity index (χ4n) is 1.73. The summed E-state index contributed by atoms with van der Waals surface area (Å²) in [5.74, 6) is -1.16. The van der Waals surface area contributed by atoms with Crippen molar-refractivity contribution in [3.63, 3.8) is 0 Å². The van der Waals surface area contributed by atoms with Crippen LogP contribution < -0.4 is 10.6 Å². The first-order chi connectivity index (χ1) is 9.27. The number of urea groups is 1. The number of nitrogens with zero attached hydrogens (tertiary/aromatic N) is 1. The summed E-state index contributed by atoms with van der Waals surface area (Å²) in [5, 5.41) is 17.0. The van der Waals surface area contributed by atoms with Crippen LogP contribution in [0.25, 0.3) is 0 Å². The Labute approximate surface area is 122 Å². The van der Waals surface area contributed by atoms with Crippen LogP contribution >= 0.6 is 11.3 Å². The molecule has 0 fully saturated rings. The van der Waals surface area contributed by atoms with Gasteiger partial charge in [-0.05, 0) is 19.8 Å². The lowest BCUT2D eigenvalue weighted by Crippen LogP contribution is -2.53. The Kier molecular flexibility index (Phi) is 5.50. The van der Waals surface area contributed by atoms with Crippen molar-refractivity contribution in [3.05, 3.63) is 16.6 Å². The predicted molar refractivity (Wildman–Crippen MR) is 77.7 cm³/mol. The van der Waals surface area contributed by atoms with Crippen LogP contribution in [-0.2, 0) is 10.3 Å². The molecule has 0 saturated heterocycles. The zero-order valence-electron chi connectivity index (χ0n) is 12.1. The van der Waals surface area contributed by atoms with Gasteiger partial charge in [0, 0.05) is 11.6 Å². The van der Waals surface area contributed by atoms with Crippen molar-refractivity contribution in [3.8, 4) is 0 Å². The van der Waals surface area contributed by atoms with Crippen molar-refractivity contribution in [1.29, 1.82) is 0 Å². The van der Waals surface area contributed by atoms with Crippen molar-refractivity contribution in [2.75, 3.05) is 0 Å². The van der Waals surface area contributed by atoms with Crippen LogP contribution in [0.1, 0.15) is 39.1 Å². The van der Waals surface area contributed by atoms with Gasteiger partial charge in [0.1, 0.15) is 11.0 Å². The predicted octanol–water partition coefficient (Wildman–Crippen LogP) is 2.18. The molecule has 0 radical (unpaired) electrons. The molecule has 0 aliphatic heterocycles. The van der Waals surface area contributed by atoms with Gasteiger partial charge >= 0.3 is 12.0 Å². The average Bonchev–Trinajstić information content (AvgIpc) is 2.88. The van der Waals surface area contributed by atoms with E-state index in [2.05, 4.69) is 15.6 Å². The molecule has 0 aromatic carbocycles. The number of hydrogen-bond donors (Lipinski definition) is 3. The molecule has 2 amide bonds. The molecular formula is C13H21N3O3S. The highest BCUT2D eigenvalue weighted by Crippen LogP contribution is 2.21. The van der Waals surface area contributed by atoms with Gasteiger partial charge in [0.15, 0.2) is 0 Å². The van der Waals surface area contributed by atoms with E-state index in [1.165, 1.54) is 11.3 Å². The van der Waals surface area contributed by atoms with Crippen LogP contribution in [-0.4, -0.2) is 28.1 Å². The molecule has 1 aromatic heterocycles. The van der Waals surface area contributed by atoms with E-state index in [-0.39, 0.29) is 5.92 Å². The molecule has 1 unspecified atom stereocenters. The Morgan fingerprint density at radius 1 is 1.50 bits per heavy atom. The maximum Gasteiger partial charge on any atom is 0.326 e. The summed E-state index contributed by atoms with van der Waals surface area (Å²) < 4.78 is 0. The number of amides is 2. The smallest absolute Gasteiger partial charge is 0.326 e. The second-order valence-electron chi connectivity index (χ2n) is 5.26. The average molecular weight is 299 g/mol. The minimum atomic E-state index is -1.03. The summed E-state index contributed by atoms with van der Waals surface area (Å²) in [5.41, 5.74) is -0.642. The van der Waals surface area contributed by atoms with Crippen molar-refractivity contribution >= 4 is 23.3 Å². The molecule has 0 spiro atoms. The van der Waals surface area contributed by atoms with Gasteiger partial charge < -0.3 is 15.7 Å². The number of rotatable bonds is 6. The topological polar surface area (TPSA) is 91.3 Å². The highest BCUT2D eigenvalue weighted by atomic mass is 32.1. The molecule has 6 nitrogen and oxygen atoms in total. The van der Waals surface area contributed by atoms with Crippen molar-refractivity contribution in [2.24, 2.45) is 5.92 Å². The molecular weight excluding hydrogens is 278 g/mol. The molecule has 112 valence electrons. The third-order valence-corrected chi connectivity index (χ3v) is 4.26. The third-order valence-electron chi connectivity index (χ3n) is 3.16. The quantitative estimate of drug-likeness (QED) is 0.750. The molecule has 0 bridgehead atoms. The monoisotopic (exact) mass is 299 g/mol. The molecule has 3 N–H and O–H groups in total. The van der Waals surface area contributed by atoms with E-state index in [1.807, 2.05) is 26.2 Å². The van der Waals surface area contributed by atoms with E-state index < -0.39 is 23.6 Å². The molecule has 7 heteroatoms. The number of carboxylic acids is 1. The zero-order chi connectivity index (χ0) is 15.3. The lowest BCUT2D eigenvalue weighted by molar-refractivity contribution is -0.140. The highest BCUT2D eigenvalue weighted by molar-refractivity contribution is 7.09. The molecule has 1 heterocycles. The SMILES string of the molecule is CCC(C)[C@H](NC(=O)NC(C)(C)c1nccs1)C(=O)O. The van der Waals surface area contributed by atoms with Gasteiger partial charge in [0.05, 0.1) is 5.54 Å². The molecule has 0 aliphatic rings. The normalized spacial score (nSPS) is 14.4. The van der Waals surface area contributed by atoms with Crippen LogP contribution in [0.15, 0.2) is 11.6 Å². The molecule has 0 aliphatic carbocycles.